The first-order valence-corrected chi connectivity index (χ1v) is 8.64. The largest absolute Gasteiger partial charge is 0.392 e. The molecule has 152 valence electrons. The van der Waals surface area contributed by atoms with Gasteiger partial charge in [0, 0.05) is 16.7 Å². The molecule has 0 aliphatic carbocycles. The van der Waals surface area contributed by atoms with Crippen molar-refractivity contribution < 1.29 is 23.5 Å². The van der Waals surface area contributed by atoms with Gasteiger partial charge in [0.15, 0.2) is 0 Å². The van der Waals surface area contributed by atoms with E-state index in [1.54, 1.807) is 36.4 Å². The number of hydrogen-bond donors (Lipinski definition) is 4. The number of halogens is 2. The van der Waals surface area contributed by atoms with E-state index in [4.69, 9.17) is 16.6 Å². The number of hydrogen-bond acceptors (Lipinski definition) is 4. The molecule has 2 rings (SSSR count). The molecule has 8 heteroatoms. The average Bonchev–Trinajstić information content (AvgIpc) is 2.70. The molecule has 0 bridgehead atoms. The molecule has 0 aliphatic rings. The predicted octanol–water partition coefficient (Wildman–Crippen LogP) is 1.14. The summed E-state index contributed by atoms with van der Waals surface area (Å²) in [4.78, 5) is 23.8. The number of primary amides is 1. The van der Waals surface area contributed by atoms with E-state index in [-0.39, 0.29) is 12.2 Å². The third-order valence-electron chi connectivity index (χ3n) is 4.29. The summed E-state index contributed by atoms with van der Waals surface area (Å²) in [6.07, 6.45) is -3.07. The SMILES string of the molecule is CC(N)(C(F)F)C(NC(=O)c1ccc(C#Cc2ccc(CO)cc2)cc1)C(N)=O. The number of benzene rings is 2. The summed E-state index contributed by atoms with van der Waals surface area (Å²) in [5, 5.41) is 11.2. The molecule has 0 radical (unpaired) electrons. The van der Waals surface area contributed by atoms with Crippen LogP contribution in [0.25, 0.3) is 0 Å². The molecule has 6 N–H and O–H groups in total. The molecule has 0 fully saturated rings. The fourth-order valence-electron chi connectivity index (χ4n) is 2.42. The zero-order valence-electron chi connectivity index (χ0n) is 15.7. The van der Waals surface area contributed by atoms with Crippen molar-refractivity contribution >= 4 is 11.8 Å². The lowest BCUT2D eigenvalue weighted by Crippen LogP contribution is -2.65. The Kier molecular flexibility index (Phi) is 7.04. The number of aliphatic hydroxyl groups excluding tert-OH is 1. The van der Waals surface area contributed by atoms with Crippen molar-refractivity contribution in [1.82, 2.24) is 5.32 Å². The lowest BCUT2D eigenvalue weighted by atomic mass is 9.93. The molecule has 0 heterocycles. The van der Waals surface area contributed by atoms with Crippen molar-refractivity contribution in [3.63, 3.8) is 0 Å². The quantitative estimate of drug-likeness (QED) is 0.543. The van der Waals surface area contributed by atoms with Gasteiger partial charge in [-0.2, -0.15) is 0 Å². The third kappa shape index (κ3) is 5.60. The molecule has 0 spiro atoms. The number of aliphatic hydroxyl groups is 1. The van der Waals surface area contributed by atoms with Gasteiger partial charge in [0.25, 0.3) is 12.3 Å². The van der Waals surface area contributed by atoms with Crippen LogP contribution in [0.2, 0.25) is 0 Å². The zero-order valence-corrected chi connectivity index (χ0v) is 15.7. The van der Waals surface area contributed by atoms with Gasteiger partial charge in [-0.1, -0.05) is 24.0 Å². The van der Waals surface area contributed by atoms with Gasteiger partial charge in [0.05, 0.1) is 6.61 Å². The van der Waals surface area contributed by atoms with Crippen LogP contribution >= 0.6 is 0 Å². The number of nitrogens with two attached hydrogens (primary N) is 2. The van der Waals surface area contributed by atoms with Gasteiger partial charge in [0.2, 0.25) is 5.91 Å². The van der Waals surface area contributed by atoms with Crippen LogP contribution in [-0.4, -0.2) is 34.9 Å². The second kappa shape index (κ2) is 9.28. The number of alkyl halides is 2. The molecule has 29 heavy (non-hydrogen) atoms. The maximum atomic E-state index is 13.1. The van der Waals surface area contributed by atoms with Gasteiger partial charge in [-0.3, -0.25) is 9.59 Å². The second-order valence-corrected chi connectivity index (χ2v) is 6.66. The Morgan fingerprint density at radius 1 is 1.07 bits per heavy atom. The fourth-order valence-corrected chi connectivity index (χ4v) is 2.42. The minimum Gasteiger partial charge on any atom is -0.392 e. The molecule has 2 amide bonds. The van der Waals surface area contributed by atoms with E-state index < -0.39 is 29.8 Å². The molecule has 2 aromatic carbocycles. The summed E-state index contributed by atoms with van der Waals surface area (Å²) in [6.45, 7) is 0.896. The van der Waals surface area contributed by atoms with E-state index in [1.165, 1.54) is 12.1 Å². The minimum atomic E-state index is -3.07. The van der Waals surface area contributed by atoms with Crippen LogP contribution in [0.5, 0.6) is 0 Å². The van der Waals surface area contributed by atoms with Crippen molar-refractivity contribution in [3.8, 4) is 11.8 Å². The maximum absolute atomic E-state index is 13.1. The van der Waals surface area contributed by atoms with Gasteiger partial charge in [-0.05, 0) is 48.9 Å². The van der Waals surface area contributed by atoms with Gasteiger partial charge in [-0.15, -0.1) is 0 Å². The van der Waals surface area contributed by atoms with Crippen LogP contribution in [0, 0.1) is 11.8 Å². The normalized spacial score (nSPS) is 13.7. The highest BCUT2D eigenvalue weighted by Gasteiger charge is 2.43. The highest BCUT2D eigenvalue weighted by molar-refractivity contribution is 5.97. The smallest absolute Gasteiger partial charge is 0.258 e. The Hall–Kier alpha value is -3.28. The molecular weight excluding hydrogens is 380 g/mol. The molecule has 2 aromatic rings. The number of carbonyl (C=O) groups excluding carboxylic acids is 2. The van der Waals surface area contributed by atoms with Crippen molar-refractivity contribution in [2.75, 3.05) is 0 Å². The standard InChI is InChI=1S/C21H21F2N3O3/c1-21(25,20(22)23)17(18(24)28)26-19(29)16-10-8-14(9-11-16)3-2-13-4-6-15(12-27)7-5-13/h4-11,17,20,27H,12,25H2,1H3,(H2,24,28)(H,26,29). The zero-order chi connectivity index (χ0) is 21.6. The Bertz CT molecular complexity index is 930. The van der Waals surface area contributed by atoms with E-state index in [0.29, 0.717) is 5.56 Å². The van der Waals surface area contributed by atoms with Crippen molar-refractivity contribution in [3.05, 3.63) is 70.8 Å². The Morgan fingerprint density at radius 2 is 1.55 bits per heavy atom. The van der Waals surface area contributed by atoms with Gasteiger partial charge in [-0.25, -0.2) is 8.78 Å². The van der Waals surface area contributed by atoms with E-state index in [2.05, 4.69) is 17.2 Å². The molecule has 6 nitrogen and oxygen atoms in total. The molecular formula is C21H21F2N3O3. The third-order valence-corrected chi connectivity index (χ3v) is 4.29. The second-order valence-electron chi connectivity index (χ2n) is 6.66. The maximum Gasteiger partial charge on any atom is 0.258 e. The van der Waals surface area contributed by atoms with Crippen LogP contribution < -0.4 is 16.8 Å². The molecule has 0 aliphatic heterocycles. The van der Waals surface area contributed by atoms with Crippen LogP contribution in [0.4, 0.5) is 8.78 Å². The number of amides is 2. The van der Waals surface area contributed by atoms with Crippen LogP contribution in [-0.2, 0) is 11.4 Å². The van der Waals surface area contributed by atoms with Crippen LogP contribution in [0.15, 0.2) is 48.5 Å². The van der Waals surface area contributed by atoms with Crippen molar-refractivity contribution in [2.24, 2.45) is 11.5 Å². The molecule has 2 unspecified atom stereocenters. The van der Waals surface area contributed by atoms with Crippen LogP contribution in [0.1, 0.15) is 34.0 Å². The molecule has 0 aromatic heterocycles. The summed E-state index contributed by atoms with van der Waals surface area (Å²) < 4.78 is 26.2. The first-order valence-electron chi connectivity index (χ1n) is 8.64. The fraction of sp³-hybridized carbons (Fsp3) is 0.238. The number of rotatable bonds is 6. The summed E-state index contributed by atoms with van der Waals surface area (Å²) in [7, 11) is 0. The van der Waals surface area contributed by atoms with E-state index >= 15 is 0 Å². The Balaban J connectivity index is 2.12. The number of carbonyl (C=O) groups is 2. The lowest BCUT2D eigenvalue weighted by molar-refractivity contribution is -0.123. The highest BCUT2D eigenvalue weighted by atomic mass is 19.3. The Morgan fingerprint density at radius 3 is 1.97 bits per heavy atom. The molecule has 0 saturated heterocycles. The van der Waals surface area contributed by atoms with Gasteiger partial charge < -0.3 is 21.9 Å². The van der Waals surface area contributed by atoms with Crippen molar-refractivity contribution in [1.29, 1.82) is 0 Å². The summed E-state index contributed by atoms with van der Waals surface area (Å²) in [5.74, 6) is 3.96. The van der Waals surface area contributed by atoms with E-state index in [0.717, 1.165) is 18.1 Å². The summed E-state index contributed by atoms with van der Waals surface area (Å²) >= 11 is 0. The van der Waals surface area contributed by atoms with E-state index in [9.17, 15) is 18.4 Å². The lowest BCUT2D eigenvalue weighted by Gasteiger charge is -2.31. The predicted molar refractivity (Wildman–Crippen MR) is 104 cm³/mol. The summed E-state index contributed by atoms with van der Waals surface area (Å²) in [6, 6.07) is 11.4. The first kappa shape index (κ1) is 22.0. The molecule has 0 saturated carbocycles. The van der Waals surface area contributed by atoms with E-state index in [1.807, 2.05) is 0 Å². The monoisotopic (exact) mass is 401 g/mol. The van der Waals surface area contributed by atoms with Crippen LogP contribution in [0.3, 0.4) is 0 Å². The molecule has 2 atom stereocenters. The summed E-state index contributed by atoms with van der Waals surface area (Å²) in [5.41, 5.74) is 10.6. The van der Waals surface area contributed by atoms with Gasteiger partial charge >= 0.3 is 0 Å². The topological polar surface area (TPSA) is 118 Å². The minimum absolute atomic E-state index is 0.0472. The highest BCUT2D eigenvalue weighted by Crippen LogP contribution is 2.17. The van der Waals surface area contributed by atoms with Crippen molar-refractivity contribution in [2.45, 2.75) is 31.5 Å². The number of nitrogens with one attached hydrogen (secondary N) is 1. The van der Waals surface area contributed by atoms with Gasteiger partial charge in [0.1, 0.15) is 11.6 Å². The first-order chi connectivity index (χ1) is 13.6. The Labute approximate surface area is 166 Å². The average molecular weight is 401 g/mol.